The average molecular weight is 627 g/mol. The van der Waals surface area contributed by atoms with Crippen molar-refractivity contribution in [1.82, 2.24) is 31.9 Å². The highest BCUT2D eigenvalue weighted by atomic mass is 32.1. The van der Waals surface area contributed by atoms with Crippen molar-refractivity contribution in [2.45, 2.75) is 56.1 Å². The molecule has 0 unspecified atom stereocenters. The number of hydrogen-bond acceptors (Lipinski definition) is 13. The summed E-state index contributed by atoms with van der Waals surface area (Å²) in [5, 5.41) is 41.5. The Morgan fingerprint density at radius 2 is 0.878 bits per heavy atom. The second-order valence-electron chi connectivity index (χ2n) is 8.64. The minimum Gasteiger partial charge on any atom is -0.394 e. The molecule has 20 heteroatoms. The Balaban J connectivity index is 5.19. The van der Waals surface area contributed by atoms with Crippen LogP contribution in [0.2, 0.25) is 0 Å². The fraction of sp³-hybridized carbons (Fsp3) is 0.667. The maximum Gasteiger partial charge on any atom is 0.245 e. The van der Waals surface area contributed by atoms with Crippen LogP contribution in [0.25, 0.3) is 0 Å². The monoisotopic (exact) mass is 626 g/mol. The van der Waals surface area contributed by atoms with Crippen molar-refractivity contribution in [2.24, 2.45) is 11.5 Å². The molecule has 0 aromatic rings. The van der Waals surface area contributed by atoms with Gasteiger partial charge in [0.15, 0.2) is 0 Å². The Labute approximate surface area is 246 Å². The van der Waals surface area contributed by atoms with Crippen LogP contribution in [0.15, 0.2) is 0 Å². The smallest absolute Gasteiger partial charge is 0.245 e. The zero-order valence-electron chi connectivity index (χ0n) is 22.3. The third-order valence-corrected chi connectivity index (χ3v) is 6.00. The molecule has 18 nitrogen and oxygen atoms in total. The summed E-state index contributed by atoms with van der Waals surface area (Å²) < 4.78 is 0. The van der Waals surface area contributed by atoms with Crippen molar-refractivity contribution in [1.29, 1.82) is 0 Å². The maximum atomic E-state index is 12.6. The third kappa shape index (κ3) is 12.9. The molecular formula is C21H38N8O10S2. The molecule has 0 fully saturated rings. The van der Waals surface area contributed by atoms with Crippen molar-refractivity contribution >= 4 is 66.6 Å². The molecule has 0 aromatic carbocycles. The lowest BCUT2D eigenvalue weighted by Crippen LogP contribution is -2.61. The number of rotatable bonds is 18. The van der Waals surface area contributed by atoms with Crippen LogP contribution in [0.3, 0.4) is 0 Å². The third-order valence-electron chi connectivity index (χ3n) is 5.27. The lowest BCUT2D eigenvalue weighted by Gasteiger charge is -2.25. The van der Waals surface area contributed by atoms with E-state index in [0.717, 1.165) is 0 Å². The van der Waals surface area contributed by atoms with Gasteiger partial charge in [0.25, 0.3) is 0 Å². The lowest BCUT2D eigenvalue weighted by atomic mass is 10.2. The van der Waals surface area contributed by atoms with Gasteiger partial charge in [0, 0.05) is 11.5 Å². The van der Waals surface area contributed by atoms with Gasteiger partial charge in [-0.3, -0.25) is 33.6 Å². The number of primary amides is 1. The highest BCUT2D eigenvalue weighted by molar-refractivity contribution is 7.80. The molecule has 0 aromatic heterocycles. The number of nitrogens with one attached hydrogen (secondary N) is 6. The van der Waals surface area contributed by atoms with E-state index in [2.05, 4.69) is 57.2 Å². The van der Waals surface area contributed by atoms with E-state index in [0.29, 0.717) is 0 Å². The van der Waals surface area contributed by atoms with Crippen LogP contribution >= 0.6 is 25.3 Å². The number of amides is 7. The van der Waals surface area contributed by atoms with Gasteiger partial charge >= 0.3 is 0 Å². The number of aliphatic hydroxyl groups is 3. The Hall–Kier alpha value is -3.17. The fourth-order valence-electron chi connectivity index (χ4n) is 2.78. The SMILES string of the molecule is C[C@H](N)C(=O)N[C@@H](CS)C(=O)N[C@@H](CO)C(=O)N[C@@H](CO)C(=O)N[C@@H](C)C(=O)N[C@@H](CS)C(=O)N[C@@H](CO)C(N)=O. The van der Waals surface area contributed by atoms with Gasteiger partial charge in [-0.2, -0.15) is 25.3 Å². The van der Waals surface area contributed by atoms with E-state index in [4.69, 9.17) is 16.6 Å². The molecule has 0 spiro atoms. The van der Waals surface area contributed by atoms with E-state index in [-0.39, 0.29) is 11.5 Å². The number of aliphatic hydroxyl groups excluding tert-OH is 3. The topological polar surface area (TPSA) is 304 Å². The molecule has 0 aliphatic heterocycles. The molecule has 41 heavy (non-hydrogen) atoms. The summed E-state index contributed by atoms with van der Waals surface area (Å²) in [6.07, 6.45) is 0. The Kier molecular flexibility index (Phi) is 17.6. The first-order valence-electron chi connectivity index (χ1n) is 12.1. The summed E-state index contributed by atoms with van der Waals surface area (Å²) in [7, 11) is 0. The standard InChI is InChI=1S/C21H38N8O10S2/c1-8(22)16(34)28-13(6-40)21(39)27-12(5-32)19(37)26-11(4-31)18(36)24-9(2)17(35)29-14(7-41)20(38)25-10(3-30)15(23)33/h8-14,30-32,40-41H,3-7,22H2,1-2H3,(H2,23,33)(H,24,36)(H,25,38)(H,26,37)(H,27,39)(H,28,34)(H,29,35)/t8-,9-,10-,11-,12-,13-,14-/m0/s1. The molecule has 0 aliphatic rings. The summed E-state index contributed by atoms with van der Waals surface area (Å²) in [5.74, 6) is -6.87. The second-order valence-corrected chi connectivity index (χ2v) is 9.37. The molecule has 13 N–H and O–H groups in total. The lowest BCUT2D eigenvalue weighted by molar-refractivity contribution is -0.136. The van der Waals surface area contributed by atoms with Gasteiger partial charge < -0.3 is 58.7 Å². The van der Waals surface area contributed by atoms with Crippen LogP contribution in [0.1, 0.15) is 13.8 Å². The van der Waals surface area contributed by atoms with Crippen LogP contribution in [0.5, 0.6) is 0 Å². The minimum absolute atomic E-state index is 0.172. The van der Waals surface area contributed by atoms with Gasteiger partial charge in [-0.1, -0.05) is 0 Å². The fourth-order valence-corrected chi connectivity index (χ4v) is 3.29. The minimum atomic E-state index is -1.63. The molecule has 0 bridgehead atoms. The molecule has 7 atom stereocenters. The van der Waals surface area contributed by atoms with E-state index in [9.17, 15) is 43.8 Å². The quantitative estimate of drug-likeness (QED) is 0.0634. The Morgan fingerprint density at radius 3 is 1.22 bits per heavy atom. The predicted octanol–water partition coefficient (Wildman–Crippen LogP) is -7.42. The first-order chi connectivity index (χ1) is 19.2. The molecule has 0 saturated carbocycles. The summed E-state index contributed by atoms with van der Waals surface area (Å²) >= 11 is 7.91. The van der Waals surface area contributed by atoms with Crippen molar-refractivity contribution in [3.63, 3.8) is 0 Å². The number of carbonyl (C=O) groups is 7. The zero-order chi connectivity index (χ0) is 31.9. The molecule has 0 saturated heterocycles. The van der Waals surface area contributed by atoms with E-state index in [1.807, 2.05) is 0 Å². The summed E-state index contributed by atoms with van der Waals surface area (Å²) in [6.45, 7) is -0.0417. The van der Waals surface area contributed by atoms with Crippen LogP contribution in [-0.4, -0.2) is 130 Å². The summed E-state index contributed by atoms with van der Waals surface area (Å²) in [4.78, 5) is 85.3. The van der Waals surface area contributed by atoms with Gasteiger partial charge in [0.2, 0.25) is 41.4 Å². The largest absolute Gasteiger partial charge is 0.394 e. The number of thiol groups is 2. The first kappa shape index (κ1) is 37.8. The van der Waals surface area contributed by atoms with Crippen molar-refractivity contribution in [3.8, 4) is 0 Å². The van der Waals surface area contributed by atoms with Gasteiger partial charge in [0.05, 0.1) is 25.9 Å². The highest BCUT2D eigenvalue weighted by Gasteiger charge is 2.31. The highest BCUT2D eigenvalue weighted by Crippen LogP contribution is 1.97. The van der Waals surface area contributed by atoms with Crippen molar-refractivity contribution in [2.75, 3.05) is 31.3 Å². The molecule has 234 valence electrons. The molecule has 0 aliphatic carbocycles. The van der Waals surface area contributed by atoms with Crippen LogP contribution in [-0.2, 0) is 33.6 Å². The Bertz CT molecular complexity index is 957. The predicted molar refractivity (Wildman–Crippen MR) is 149 cm³/mol. The summed E-state index contributed by atoms with van der Waals surface area (Å²) in [6, 6.07) is -9.38. The normalized spacial score (nSPS) is 15.9. The number of hydrogen-bond donors (Lipinski definition) is 13. The van der Waals surface area contributed by atoms with Gasteiger partial charge in [-0.15, -0.1) is 0 Å². The van der Waals surface area contributed by atoms with Crippen LogP contribution in [0, 0.1) is 0 Å². The Morgan fingerprint density at radius 1 is 0.561 bits per heavy atom. The molecule has 0 radical (unpaired) electrons. The molecule has 0 heterocycles. The van der Waals surface area contributed by atoms with Gasteiger partial charge in [0.1, 0.15) is 36.3 Å². The molecular weight excluding hydrogens is 588 g/mol. The van der Waals surface area contributed by atoms with Crippen molar-refractivity contribution in [3.05, 3.63) is 0 Å². The maximum absolute atomic E-state index is 12.6. The average Bonchev–Trinajstić information content (AvgIpc) is 2.93. The van der Waals surface area contributed by atoms with Crippen LogP contribution < -0.4 is 43.4 Å². The zero-order valence-corrected chi connectivity index (χ0v) is 24.1. The van der Waals surface area contributed by atoms with E-state index in [1.54, 1.807) is 0 Å². The number of carbonyl (C=O) groups excluding carboxylic acids is 7. The summed E-state index contributed by atoms with van der Waals surface area (Å²) in [5.41, 5.74) is 10.5. The molecule has 7 amide bonds. The van der Waals surface area contributed by atoms with Gasteiger partial charge in [-0.25, -0.2) is 0 Å². The molecule has 0 rings (SSSR count). The van der Waals surface area contributed by atoms with Gasteiger partial charge in [-0.05, 0) is 13.8 Å². The van der Waals surface area contributed by atoms with E-state index in [1.165, 1.54) is 13.8 Å². The number of nitrogens with two attached hydrogens (primary N) is 2. The second kappa shape index (κ2) is 19.0. The first-order valence-corrected chi connectivity index (χ1v) is 13.3. The van der Waals surface area contributed by atoms with Crippen molar-refractivity contribution < 1.29 is 48.9 Å². The van der Waals surface area contributed by atoms with E-state index >= 15 is 0 Å². The van der Waals surface area contributed by atoms with E-state index < -0.39 is 103 Å². The van der Waals surface area contributed by atoms with Crippen LogP contribution in [0.4, 0.5) is 0 Å².